The average Bonchev–Trinajstić information content (AvgIpc) is 2.82. The molecule has 0 aromatic heterocycles. The van der Waals surface area contributed by atoms with Crippen LogP contribution in [-0.2, 0) is 31.9 Å². The van der Waals surface area contributed by atoms with Crippen LogP contribution in [0.1, 0.15) is 31.9 Å². The molecule has 2 aliphatic rings. The number of carbonyl (C=O) groups is 3. The monoisotopic (exact) mass is 515 g/mol. The predicted molar refractivity (Wildman–Crippen MR) is 131 cm³/mol. The number of nitro groups is 1. The number of benzene rings is 2. The van der Waals surface area contributed by atoms with Crippen molar-refractivity contribution in [2.24, 2.45) is 0 Å². The fraction of sp³-hybridized carbons (Fsp3) is 0.400. The molecule has 2 aliphatic heterocycles. The van der Waals surface area contributed by atoms with E-state index < -0.39 is 40.6 Å². The maximum absolute atomic E-state index is 13.3. The SMILES string of the molecule is COC(=O)[C@@H]1Cc2ccc(OC)c(c2)Oc2ccc(cc2[N+](=O)[O-])C[C@H](NC(=O)OC(C)(C)C)C(=O)N1. The van der Waals surface area contributed by atoms with E-state index in [4.69, 9.17) is 18.9 Å². The summed E-state index contributed by atoms with van der Waals surface area (Å²) in [6.07, 6.45) is -0.982. The fourth-order valence-electron chi connectivity index (χ4n) is 3.70. The minimum atomic E-state index is -1.22. The third-order valence-corrected chi connectivity index (χ3v) is 5.36. The lowest BCUT2D eigenvalue weighted by molar-refractivity contribution is -0.385. The van der Waals surface area contributed by atoms with Crippen LogP contribution in [0, 0.1) is 10.1 Å². The van der Waals surface area contributed by atoms with E-state index in [1.165, 1.54) is 26.4 Å². The van der Waals surface area contributed by atoms with Gasteiger partial charge in [0.1, 0.15) is 17.7 Å². The number of amides is 2. The molecule has 0 unspecified atom stereocenters. The first-order valence-corrected chi connectivity index (χ1v) is 11.4. The molecule has 2 amide bonds. The van der Waals surface area contributed by atoms with Crippen LogP contribution in [0.5, 0.6) is 17.2 Å². The van der Waals surface area contributed by atoms with Gasteiger partial charge in [0.15, 0.2) is 11.5 Å². The Balaban J connectivity index is 2.10. The number of nitro benzene ring substituents is 1. The van der Waals surface area contributed by atoms with Gasteiger partial charge in [-0.2, -0.15) is 0 Å². The number of fused-ring (bicyclic) bond motifs is 7. The number of alkyl carbamates (subject to hydrolysis) is 1. The van der Waals surface area contributed by atoms with Crippen molar-refractivity contribution in [3.63, 3.8) is 0 Å². The quantitative estimate of drug-likeness (QED) is 0.355. The van der Waals surface area contributed by atoms with Gasteiger partial charge in [-0.25, -0.2) is 9.59 Å². The van der Waals surface area contributed by atoms with E-state index in [2.05, 4.69) is 10.6 Å². The fourth-order valence-corrected chi connectivity index (χ4v) is 3.70. The van der Waals surface area contributed by atoms with E-state index in [1.807, 2.05) is 0 Å². The maximum atomic E-state index is 13.3. The smallest absolute Gasteiger partial charge is 0.408 e. The zero-order chi connectivity index (χ0) is 27.3. The molecule has 0 spiro atoms. The number of nitrogens with zero attached hydrogens (tertiary/aromatic N) is 1. The Morgan fingerprint density at radius 2 is 1.76 bits per heavy atom. The highest BCUT2D eigenvalue weighted by molar-refractivity contribution is 5.90. The number of hydrogen-bond acceptors (Lipinski definition) is 9. The second kappa shape index (κ2) is 11.1. The zero-order valence-corrected chi connectivity index (χ0v) is 21.2. The first-order valence-electron chi connectivity index (χ1n) is 11.4. The van der Waals surface area contributed by atoms with Crippen molar-refractivity contribution < 1.29 is 38.3 Å². The summed E-state index contributed by atoms with van der Waals surface area (Å²) in [4.78, 5) is 49.5. The van der Waals surface area contributed by atoms with Crippen molar-refractivity contribution >= 4 is 23.7 Å². The second-order valence-electron chi connectivity index (χ2n) is 9.34. The molecule has 2 heterocycles. The van der Waals surface area contributed by atoms with E-state index in [0.29, 0.717) is 16.9 Å². The van der Waals surface area contributed by atoms with Gasteiger partial charge >= 0.3 is 17.7 Å². The van der Waals surface area contributed by atoms with E-state index in [1.54, 1.807) is 45.0 Å². The minimum absolute atomic E-state index is 0.0115. The Morgan fingerprint density at radius 1 is 1.08 bits per heavy atom. The summed E-state index contributed by atoms with van der Waals surface area (Å²) in [5, 5.41) is 16.9. The summed E-state index contributed by atoms with van der Waals surface area (Å²) in [6.45, 7) is 5.00. The number of rotatable bonds is 4. The van der Waals surface area contributed by atoms with Crippen LogP contribution < -0.4 is 20.1 Å². The molecular formula is C25H29N3O9. The van der Waals surface area contributed by atoms with Gasteiger partial charge < -0.3 is 29.6 Å². The van der Waals surface area contributed by atoms with Crippen LogP contribution in [0.2, 0.25) is 0 Å². The van der Waals surface area contributed by atoms with Gasteiger partial charge in [-0.15, -0.1) is 0 Å². The summed E-state index contributed by atoms with van der Waals surface area (Å²) in [7, 11) is 2.62. The van der Waals surface area contributed by atoms with E-state index in [9.17, 15) is 24.5 Å². The first kappa shape index (κ1) is 27.2. The molecule has 2 aromatic carbocycles. The Morgan fingerprint density at radius 3 is 2.38 bits per heavy atom. The number of nitrogens with one attached hydrogen (secondary N) is 2. The molecular weight excluding hydrogens is 486 g/mol. The molecule has 198 valence electrons. The molecule has 0 saturated heterocycles. The lowest BCUT2D eigenvalue weighted by atomic mass is 10.0. The standard InChI is InChI=1S/C25H29N3O9/c1-25(2,3)37-24(31)27-16-10-14-6-8-19(18(12-14)28(32)33)36-21-13-15(7-9-20(21)34-4)11-17(23(30)35-5)26-22(16)29/h6-9,12-13,16-17H,10-11H2,1-5H3,(H,26,29)(H,27,31)/t16-,17-/m0/s1. The van der Waals surface area contributed by atoms with Crippen molar-refractivity contribution in [1.29, 1.82) is 0 Å². The summed E-state index contributed by atoms with van der Waals surface area (Å²) < 4.78 is 21.3. The Labute approximate surface area is 213 Å². The van der Waals surface area contributed by atoms with Gasteiger partial charge in [-0.3, -0.25) is 14.9 Å². The third-order valence-electron chi connectivity index (χ3n) is 5.36. The van der Waals surface area contributed by atoms with Gasteiger partial charge in [0.25, 0.3) is 0 Å². The lowest BCUT2D eigenvalue weighted by Gasteiger charge is -2.25. The van der Waals surface area contributed by atoms with E-state index >= 15 is 0 Å². The summed E-state index contributed by atoms with van der Waals surface area (Å²) >= 11 is 0. The first-order chi connectivity index (χ1) is 17.4. The number of methoxy groups -OCH3 is 2. The highest BCUT2D eigenvalue weighted by atomic mass is 16.6. The highest BCUT2D eigenvalue weighted by Crippen LogP contribution is 2.38. The molecule has 2 N–H and O–H groups in total. The molecule has 0 aliphatic carbocycles. The molecule has 4 rings (SSSR count). The van der Waals surface area contributed by atoms with Crippen LogP contribution in [0.4, 0.5) is 10.5 Å². The van der Waals surface area contributed by atoms with Gasteiger partial charge in [0.05, 0.1) is 19.1 Å². The summed E-state index contributed by atoms with van der Waals surface area (Å²) in [5.41, 5.74) is -0.256. The average molecular weight is 516 g/mol. The highest BCUT2D eigenvalue weighted by Gasteiger charge is 2.31. The molecule has 0 saturated carbocycles. The predicted octanol–water partition coefficient (Wildman–Crippen LogP) is 3.05. The molecule has 12 heteroatoms. The summed E-state index contributed by atoms with van der Waals surface area (Å²) in [5.74, 6) is -0.947. The number of carbonyl (C=O) groups excluding carboxylic acids is 3. The van der Waals surface area contributed by atoms with Gasteiger partial charge in [0.2, 0.25) is 11.7 Å². The molecule has 2 atom stereocenters. The van der Waals surface area contributed by atoms with Gasteiger partial charge in [-0.1, -0.05) is 12.1 Å². The van der Waals surface area contributed by atoms with E-state index in [0.717, 1.165) is 0 Å². The Kier molecular flexibility index (Phi) is 8.21. The summed E-state index contributed by atoms with van der Waals surface area (Å²) in [6, 6.07) is 6.69. The zero-order valence-electron chi connectivity index (χ0n) is 21.2. The Hall–Kier alpha value is -4.35. The molecule has 4 bridgehead atoms. The normalized spacial score (nSPS) is 17.5. The van der Waals surface area contributed by atoms with Crippen LogP contribution >= 0.6 is 0 Å². The van der Waals surface area contributed by atoms with Crippen LogP contribution in [0.3, 0.4) is 0 Å². The number of ether oxygens (including phenoxy) is 4. The molecule has 2 aromatic rings. The van der Waals surface area contributed by atoms with Crippen LogP contribution in [-0.4, -0.2) is 54.8 Å². The van der Waals surface area contributed by atoms with Crippen LogP contribution in [0.25, 0.3) is 0 Å². The van der Waals surface area contributed by atoms with E-state index in [-0.39, 0.29) is 30.0 Å². The van der Waals surface area contributed by atoms with Crippen LogP contribution in [0.15, 0.2) is 36.4 Å². The van der Waals surface area contributed by atoms with Gasteiger partial charge in [-0.05, 0) is 50.1 Å². The van der Waals surface area contributed by atoms with Crippen molar-refractivity contribution in [3.05, 3.63) is 57.6 Å². The molecule has 0 radical (unpaired) electrons. The molecule has 0 fully saturated rings. The number of esters is 1. The molecule has 12 nitrogen and oxygen atoms in total. The molecule has 37 heavy (non-hydrogen) atoms. The van der Waals surface area contributed by atoms with Crippen molar-refractivity contribution in [3.8, 4) is 17.2 Å². The third kappa shape index (κ3) is 7.09. The maximum Gasteiger partial charge on any atom is 0.408 e. The number of hydrogen-bond donors (Lipinski definition) is 2. The minimum Gasteiger partial charge on any atom is -0.493 e. The second-order valence-corrected chi connectivity index (χ2v) is 9.34. The van der Waals surface area contributed by atoms with Crippen molar-refractivity contribution in [2.75, 3.05) is 14.2 Å². The Bertz CT molecular complexity index is 1210. The lowest BCUT2D eigenvalue weighted by Crippen LogP contribution is -2.54. The van der Waals surface area contributed by atoms with Crippen molar-refractivity contribution in [2.45, 2.75) is 51.3 Å². The largest absolute Gasteiger partial charge is 0.493 e. The topological polar surface area (TPSA) is 155 Å². The van der Waals surface area contributed by atoms with Gasteiger partial charge in [0, 0.05) is 18.9 Å². The van der Waals surface area contributed by atoms with Crippen molar-refractivity contribution in [1.82, 2.24) is 10.6 Å².